The highest BCUT2D eigenvalue weighted by atomic mass is 16.3. The highest BCUT2D eigenvalue weighted by Gasteiger charge is 2.32. The fourth-order valence-corrected chi connectivity index (χ4v) is 10.7. The second kappa shape index (κ2) is 18.1. The van der Waals surface area contributed by atoms with Gasteiger partial charge in [-0.1, -0.05) is 87.4 Å². The molecule has 0 unspecified atom stereocenters. The summed E-state index contributed by atoms with van der Waals surface area (Å²) >= 11 is 0. The van der Waals surface area contributed by atoms with Gasteiger partial charge in [0.25, 0.3) is 0 Å². The third-order valence-corrected chi connectivity index (χ3v) is 14.7. The highest BCUT2D eigenvalue weighted by molar-refractivity contribution is 6.78. The first kappa shape index (κ1) is 54.0. The van der Waals surface area contributed by atoms with Gasteiger partial charge in [-0.2, -0.15) is 0 Å². The first-order valence-electron chi connectivity index (χ1n) is 22.0. The van der Waals surface area contributed by atoms with Gasteiger partial charge in [0.2, 0.25) is 0 Å². The zero-order valence-electron chi connectivity index (χ0n) is 39.6. The van der Waals surface area contributed by atoms with Gasteiger partial charge in [0.1, 0.15) is 231 Å². The second-order valence-corrected chi connectivity index (χ2v) is 18.3. The molecule has 1 heterocycles. The van der Waals surface area contributed by atoms with E-state index in [-0.39, 0.29) is 251 Å². The van der Waals surface area contributed by atoms with Gasteiger partial charge in [0.15, 0.2) is 0 Å². The molecule has 1 nitrogen and oxygen atoms in total. The summed E-state index contributed by atoms with van der Waals surface area (Å²) < 4.78 is 6.38. The van der Waals surface area contributed by atoms with E-state index in [0.29, 0.717) is 0 Å². The zero-order chi connectivity index (χ0) is 55.3. The van der Waals surface area contributed by atoms with E-state index in [4.69, 9.17) is 224 Å². The van der Waals surface area contributed by atoms with E-state index < -0.39 is 0 Å². The first-order valence-corrected chi connectivity index (χ1v) is 22.0. The van der Waals surface area contributed by atoms with Crippen LogP contribution in [-0.2, 0) is 0 Å². The quantitative estimate of drug-likeness (QED) is 0.127. The Morgan fingerprint density at radius 1 is 0.120 bits per heavy atom. The van der Waals surface area contributed by atoms with Gasteiger partial charge in [-0.3, -0.25) is 0 Å². The van der Waals surface area contributed by atoms with Crippen LogP contribution in [0.3, 0.4) is 0 Å². The lowest BCUT2D eigenvalue weighted by atomic mass is 9.55. The van der Waals surface area contributed by atoms with Crippen molar-refractivity contribution in [1.29, 1.82) is 0 Å². The average molecular weight is 871 g/mol. The zero-order valence-corrected chi connectivity index (χ0v) is 39.6. The van der Waals surface area contributed by atoms with Crippen LogP contribution in [0.2, 0.25) is 0 Å². The van der Waals surface area contributed by atoms with Crippen LogP contribution in [0.25, 0.3) is 98.4 Å². The maximum atomic E-state index is 7.47. The standard InChI is InChI=1S/C46B28O/c47-17-7(12-27(57)41(71)43(73)42(72)28(12)58)8-11(26(56)38(68)37(67)25(8)55)18(48)9(17)1-3-5(23(53)35(65)33(63)21(3)51)2(6-4(1)22(52)34(64)36(66)24(6)54)10-19(49)16-15-20(50)13-14(30(60)40(70)39(69)29(13)59)32(62)45(15)75-46(16)44(74)31(10)61. The third kappa shape index (κ3) is 6.85. The van der Waals surface area contributed by atoms with Crippen molar-refractivity contribution in [3.8, 4) is 33.4 Å². The van der Waals surface area contributed by atoms with Crippen LogP contribution in [0.1, 0.15) is 0 Å². The van der Waals surface area contributed by atoms with Crippen molar-refractivity contribution in [3.05, 3.63) is 0 Å². The molecule has 0 atom stereocenters. The summed E-state index contributed by atoms with van der Waals surface area (Å²) in [6, 6.07) is 0. The second-order valence-electron chi connectivity index (χ2n) is 18.3. The molecule has 0 aliphatic carbocycles. The van der Waals surface area contributed by atoms with Gasteiger partial charge < -0.3 is 4.42 Å². The van der Waals surface area contributed by atoms with E-state index in [1.54, 1.807) is 0 Å². The van der Waals surface area contributed by atoms with E-state index in [9.17, 15) is 0 Å². The predicted molar refractivity (Wildman–Crippen MR) is 351 cm³/mol. The SMILES string of the molecule is [B]c1c([B])c([B])c(-c2c([B])c(-c3c4c([B])c([B])c([B])c([B])c4c(-c4c([B])c([B])c5oc6c([B])c7c([B])c([B])c([B])c([B])c7c([B])c6c5c4[B])c4c([B])c([B])c([B])c([B])c34)c([B])c3c([B])c([B])c([B])c([B])c23)c([B])c1[B]. The van der Waals surface area contributed by atoms with Crippen LogP contribution >= 0.6 is 0 Å². The number of hydrogen-bond donors (Lipinski definition) is 0. The maximum absolute atomic E-state index is 7.47. The molecule has 56 radical (unpaired) electrons. The molecule has 0 N–H and O–H groups in total. The van der Waals surface area contributed by atoms with Crippen LogP contribution in [0.15, 0.2) is 4.42 Å². The lowest BCUT2D eigenvalue weighted by Crippen LogP contribution is -2.56. The Bertz CT molecular complexity index is 4330. The Morgan fingerprint density at radius 3 is 0.707 bits per heavy atom. The number of benzene rings is 9. The Labute approximate surface area is 472 Å². The summed E-state index contributed by atoms with van der Waals surface area (Å²) in [6.45, 7) is 0. The molecule has 29 heteroatoms. The van der Waals surface area contributed by atoms with Crippen molar-refractivity contribution >= 4 is 438 Å². The van der Waals surface area contributed by atoms with Crippen molar-refractivity contribution in [2.24, 2.45) is 0 Å². The highest BCUT2D eigenvalue weighted by Crippen LogP contribution is 2.41. The fourth-order valence-electron chi connectivity index (χ4n) is 10.7. The molecule has 0 aliphatic heterocycles. The smallest absolute Gasteiger partial charge is 0.128 e. The topological polar surface area (TPSA) is 13.1 Å². The number of rotatable bonds is 3. The van der Waals surface area contributed by atoms with Gasteiger partial charge in [-0.15, -0.1) is 60.1 Å². The van der Waals surface area contributed by atoms with Crippen LogP contribution < -0.4 is 153 Å². The van der Waals surface area contributed by atoms with Crippen molar-refractivity contribution in [2.75, 3.05) is 0 Å². The van der Waals surface area contributed by atoms with E-state index >= 15 is 0 Å². The van der Waals surface area contributed by atoms with Crippen molar-refractivity contribution in [2.45, 2.75) is 0 Å². The summed E-state index contributed by atoms with van der Waals surface area (Å²) in [5.74, 6) is 0. The van der Waals surface area contributed by atoms with Gasteiger partial charge in [-0.25, -0.2) is 0 Å². The molecule has 10 aromatic rings. The number of hydrogen-bond acceptors (Lipinski definition) is 1. The molecule has 0 saturated carbocycles. The van der Waals surface area contributed by atoms with Gasteiger partial charge in [0, 0.05) is 10.8 Å². The molecule has 1 aromatic heterocycles. The van der Waals surface area contributed by atoms with Gasteiger partial charge >= 0.3 is 0 Å². The first-order chi connectivity index (χ1) is 35.0. The number of furan rings is 1. The molecule has 0 bridgehead atoms. The third-order valence-electron chi connectivity index (χ3n) is 14.7. The molecular weight excluding hydrogens is 871 g/mol. The Hall–Kier alpha value is -4.36. The van der Waals surface area contributed by atoms with Crippen molar-refractivity contribution in [1.82, 2.24) is 0 Å². The van der Waals surface area contributed by atoms with Gasteiger partial charge in [-0.05, 0) is 81.9 Å². The molecular formula is C46B28O. The molecule has 0 fully saturated rings. The Kier molecular flexibility index (Phi) is 13.0. The molecule has 0 spiro atoms. The van der Waals surface area contributed by atoms with E-state index in [0.717, 1.165) is 0 Å². The Balaban J connectivity index is 1.54. The molecule has 10 rings (SSSR count). The summed E-state index contributed by atoms with van der Waals surface area (Å²) in [5, 5.41) is 0.209. The monoisotopic (exact) mass is 876 g/mol. The lowest BCUT2D eigenvalue weighted by Gasteiger charge is -2.33. The summed E-state index contributed by atoms with van der Waals surface area (Å²) in [7, 11) is 191. The fraction of sp³-hybridized carbons (Fsp3) is 0. The minimum absolute atomic E-state index is 0.0117. The molecule has 0 amide bonds. The van der Waals surface area contributed by atoms with E-state index in [1.165, 1.54) is 0 Å². The minimum Gasteiger partial charge on any atom is -0.457 e. The summed E-state index contributed by atoms with van der Waals surface area (Å²) in [4.78, 5) is 0. The van der Waals surface area contributed by atoms with Crippen molar-refractivity contribution < 1.29 is 4.42 Å². The maximum Gasteiger partial charge on any atom is 0.128 e. The predicted octanol–water partition coefficient (Wildman–Crippen LogP) is -20.6. The molecule has 0 aliphatic rings. The molecule has 75 heavy (non-hydrogen) atoms. The normalized spacial score (nSPS) is 11.9. The summed E-state index contributed by atoms with van der Waals surface area (Å²) in [6.07, 6.45) is 0. The van der Waals surface area contributed by atoms with Crippen LogP contribution in [-0.4, -0.2) is 220 Å². The Morgan fingerprint density at radius 2 is 0.333 bits per heavy atom. The van der Waals surface area contributed by atoms with E-state index in [2.05, 4.69) is 0 Å². The molecule has 0 saturated heterocycles. The number of fused-ring (bicyclic) bond motifs is 7. The average Bonchev–Trinajstić information content (AvgIpc) is 3.80. The summed E-state index contributed by atoms with van der Waals surface area (Å²) in [5.41, 5.74) is -5.19. The van der Waals surface area contributed by atoms with E-state index in [1.807, 2.05) is 0 Å². The molecule has 274 valence electrons. The van der Waals surface area contributed by atoms with Gasteiger partial charge in [0.05, 0.1) is 0 Å². The molecule has 9 aromatic carbocycles. The van der Waals surface area contributed by atoms with Crippen LogP contribution in [0.4, 0.5) is 0 Å². The lowest BCUT2D eigenvalue weighted by molar-refractivity contribution is 0.675. The van der Waals surface area contributed by atoms with Crippen molar-refractivity contribution in [3.63, 3.8) is 0 Å². The minimum atomic E-state index is -0.258. The van der Waals surface area contributed by atoms with Crippen LogP contribution in [0.5, 0.6) is 0 Å². The largest absolute Gasteiger partial charge is 0.457 e. The van der Waals surface area contributed by atoms with Crippen LogP contribution in [0, 0.1) is 0 Å².